The summed E-state index contributed by atoms with van der Waals surface area (Å²) < 4.78 is 1.80. The van der Waals surface area contributed by atoms with Crippen molar-refractivity contribution in [2.45, 2.75) is 11.8 Å². The number of carbonyl (C=O) groups excluding carboxylic acids is 2. The molecule has 2 atom stereocenters. The third kappa shape index (κ3) is 3.20. The predicted molar refractivity (Wildman–Crippen MR) is 150 cm³/mol. The number of imide groups is 1. The number of hydrazone groups is 1. The second kappa shape index (κ2) is 8.44. The Morgan fingerprint density at radius 3 is 1.82 bits per heavy atom. The third-order valence-electron chi connectivity index (χ3n) is 8.26. The highest BCUT2D eigenvalue weighted by Crippen LogP contribution is 2.60. The smallest absolute Gasteiger partial charge is 0.254 e. The van der Waals surface area contributed by atoms with Gasteiger partial charge in [-0.1, -0.05) is 72.8 Å². The molecule has 3 heterocycles. The fourth-order valence-electron chi connectivity index (χ4n) is 6.69. The van der Waals surface area contributed by atoms with Gasteiger partial charge < -0.3 is 0 Å². The number of thiophene rings is 1. The molecule has 2 amide bonds. The largest absolute Gasteiger partial charge is 0.272 e. The normalized spacial score (nSPS) is 22.8. The van der Waals surface area contributed by atoms with Gasteiger partial charge in [0.05, 0.1) is 28.6 Å². The summed E-state index contributed by atoms with van der Waals surface area (Å²) in [5.74, 6) is -1.65. The molecule has 3 aromatic carbocycles. The van der Waals surface area contributed by atoms with Gasteiger partial charge in [-0.25, -0.2) is 4.68 Å². The van der Waals surface area contributed by atoms with E-state index in [2.05, 4.69) is 29.4 Å². The highest BCUT2D eigenvalue weighted by molar-refractivity contribution is 7.13. The second-order valence-corrected chi connectivity index (χ2v) is 11.1. The van der Waals surface area contributed by atoms with E-state index in [-0.39, 0.29) is 23.7 Å². The first-order valence-electron chi connectivity index (χ1n) is 13.0. The van der Waals surface area contributed by atoms with Crippen LogP contribution in [0.15, 0.2) is 108 Å². The molecule has 2 aromatic heterocycles. The van der Waals surface area contributed by atoms with Gasteiger partial charge in [-0.2, -0.15) is 15.2 Å². The number of aromatic nitrogens is 2. The molecule has 1 saturated heterocycles. The van der Waals surface area contributed by atoms with Crippen LogP contribution in [-0.2, 0) is 9.59 Å². The third-order valence-corrected chi connectivity index (χ3v) is 9.13. The lowest BCUT2D eigenvalue weighted by molar-refractivity contribution is -0.139. The van der Waals surface area contributed by atoms with E-state index >= 15 is 0 Å². The average molecular weight is 527 g/mol. The molecule has 0 N–H and O–H groups in total. The van der Waals surface area contributed by atoms with Crippen molar-refractivity contribution in [2.24, 2.45) is 16.9 Å². The summed E-state index contributed by atoms with van der Waals surface area (Å²) in [5.41, 5.74) is 7.02. The molecule has 4 aliphatic rings. The first-order valence-corrected chi connectivity index (χ1v) is 13.9. The summed E-state index contributed by atoms with van der Waals surface area (Å²) in [4.78, 5) is 28.8. The molecule has 9 rings (SSSR count). The van der Waals surface area contributed by atoms with Crippen LogP contribution in [0.5, 0.6) is 0 Å². The lowest BCUT2D eigenvalue weighted by Gasteiger charge is -2.45. The van der Waals surface area contributed by atoms with Crippen molar-refractivity contribution in [3.63, 3.8) is 0 Å². The summed E-state index contributed by atoms with van der Waals surface area (Å²) in [5, 5.41) is 12.5. The van der Waals surface area contributed by atoms with E-state index in [9.17, 15) is 9.59 Å². The van der Waals surface area contributed by atoms with Crippen LogP contribution in [0.1, 0.15) is 39.7 Å². The number of nitrogens with zero attached hydrogens (tertiary/aromatic N) is 4. The maximum absolute atomic E-state index is 13.9. The monoisotopic (exact) mass is 526 g/mol. The zero-order valence-electron chi connectivity index (χ0n) is 20.7. The number of benzene rings is 3. The van der Waals surface area contributed by atoms with Crippen molar-refractivity contribution in [1.29, 1.82) is 0 Å². The minimum Gasteiger partial charge on any atom is -0.272 e. The van der Waals surface area contributed by atoms with Crippen LogP contribution in [0.3, 0.4) is 0 Å². The number of amides is 2. The summed E-state index contributed by atoms with van der Waals surface area (Å²) >= 11 is 1.58. The maximum Gasteiger partial charge on any atom is 0.254 e. The topological polar surface area (TPSA) is 67.6 Å². The molecule has 6 nitrogen and oxygen atoms in total. The number of carbonyl (C=O) groups is 2. The molecule has 2 bridgehead atoms. The van der Waals surface area contributed by atoms with Gasteiger partial charge in [0.2, 0.25) is 0 Å². The minimum atomic E-state index is -0.451. The van der Waals surface area contributed by atoms with Crippen LogP contribution in [0.4, 0.5) is 0 Å². The van der Waals surface area contributed by atoms with Crippen LogP contribution in [0.2, 0.25) is 0 Å². The molecule has 188 valence electrons. The van der Waals surface area contributed by atoms with Gasteiger partial charge in [0, 0.05) is 23.6 Å². The Kier molecular flexibility index (Phi) is 4.84. The van der Waals surface area contributed by atoms with Crippen molar-refractivity contribution in [1.82, 2.24) is 14.8 Å². The molecule has 7 heteroatoms. The molecular weight excluding hydrogens is 504 g/mol. The van der Waals surface area contributed by atoms with Crippen LogP contribution >= 0.6 is 11.3 Å². The molecule has 39 heavy (non-hydrogen) atoms. The zero-order chi connectivity index (χ0) is 26.1. The number of rotatable bonds is 4. The van der Waals surface area contributed by atoms with Crippen molar-refractivity contribution >= 4 is 29.4 Å². The lowest BCUT2D eigenvalue weighted by Crippen LogP contribution is -2.41. The predicted octanol–water partition coefficient (Wildman–Crippen LogP) is 5.83. The van der Waals surface area contributed by atoms with E-state index in [1.54, 1.807) is 22.2 Å². The highest BCUT2D eigenvalue weighted by Gasteiger charge is 2.61. The fourth-order valence-corrected chi connectivity index (χ4v) is 7.43. The molecule has 0 saturated carbocycles. The Labute approximate surface area is 228 Å². The van der Waals surface area contributed by atoms with Gasteiger partial charge in [-0.05, 0) is 45.8 Å². The van der Waals surface area contributed by atoms with Gasteiger partial charge in [0.15, 0.2) is 0 Å². The van der Waals surface area contributed by atoms with Gasteiger partial charge in [-0.15, -0.1) is 11.3 Å². The molecule has 1 aliphatic heterocycles. The Morgan fingerprint density at radius 2 is 1.28 bits per heavy atom. The molecule has 0 radical (unpaired) electrons. The Hall–Kier alpha value is -4.62. The number of hydrogen-bond donors (Lipinski definition) is 0. The van der Waals surface area contributed by atoms with Crippen LogP contribution < -0.4 is 0 Å². The summed E-state index contributed by atoms with van der Waals surface area (Å²) in [6.07, 6.45) is 3.50. The van der Waals surface area contributed by atoms with E-state index in [1.807, 2.05) is 78.3 Å². The molecule has 1 fully saturated rings. The van der Waals surface area contributed by atoms with E-state index < -0.39 is 11.8 Å². The van der Waals surface area contributed by atoms with Crippen LogP contribution in [0, 0.1) is 11.8 Å². The summed E-state index contributed by atoms with van der Waals surface area (Å²) in [6.45, 7) is 0. The SMILES string of the molecule is O=C1[C@@H]2C3c4ccccc4C(c4ccccc43)[C@@H]2C(=O)N1/N=C\c1cn(-c2ccccc2)nc1-c1cccs1. The number of hydrogen-bond acceptors (Lipinski definition) is 5. The van der Waals surface area contributed by atoms with Crippen LogP contribution in [0.25, 0.3) is 16.3 Å². The molecule has 0 spiro atoms. The van der Waals surface area contributed by atoms with Gasteiger partial charge >= 0.3 is 0 Å². The second-order valence-electron chi connectivity index (χ2n) is 10.2. The summed E-state index contributed by atoms with van der Waals surface area (Å²) in [6, 6.07) is 30.3. The minimum absolute atomic E-state index is 0.147. The van der Waals surface area contributed by atoms with Crippen molar-refractivity contribution < 1.29 is 9.59 Å². The molecule has 3 aliphatic carbocycles. The zero-order valence-corrected chi connectivity index (χ0v) is 21.5. The van der Waals surface area contributed by atoms with E-state index in [0.29, 0.717) is 0 Å². The summed E-state index contributed by atoms with van der Waals surface area (Å²) in [7, 11) is 0. The first-order chi connectivity index (χ1) is 19.2. The Balaban J connectivity index is 1.20. The maximum atomic E-state index is 13.9. The van der Waals surface area contributed by atoms with Crippen LogP contribution in [-0.4, -0.2) is 32.8 Å². The fraction of sp³-hybridized carbons (Fsp3) is 0.125. The Morgan fingerprint density at radius 1 is 0.718 bits per heavy atom. The molecule has 5 aromatic rings. The quantitative estimate of drug-likeness (QED) is 0.219. The first kappa shape index (κ1) is 22.4. The van der Waals surface area contributed by atoms with Crippen molar-refractivity contribution in [2.75, 3.05) is 0 Å². The van der Waals surface area contributed by atoms with E-state index in [0.717, 1.165) is 49.1 Å². The van der Waals surface area contributed by atoms with Gasteiger partial charge in [0.25, 0.3) is 11.8 Å². The van der Waals surface area contributed by atoms with Gasteiger partial charge in [0.1, 0.15) is 5.69 Å². The molecule has 0 unspecified atom stereocenters. The Bertz CT molecular complexity index is 1670. The van der Waals surface area contributed by atoms with Crippen molar-refractivity contribution in [3.05, 3.63) is 130 Å². The average Bonchev–Trinajstić information content (AvgIpc) is 3.72. The van der Waals surface area contributed by atoms with E-state index in [1.165, 1.54) is 0 Å². The van der Waals surface area contributed by atoms with Crippen molar-refractivity contribution in [3.8, 4) is 16.3 Å². The highest BCUT2D eigenvalue weighted by atomic mass is 32.1. The number of para-hydroxylation sites is 1. The molecular formula is C32H22N4O2S. The van der Waals surface area contributed by atoms with E-state index in [4.69, 9.17) is 5.10 Å². The standard InChI is InChI=1S/C32H22N4O2S/c37-31-28-26-21-11-4-5-12-22(21)27(24-14-7-6-13-23(24)26)29(28)32(38)36(31)33-17-19-18-35(20-9-2-1-3-10-20)34-30(19)25-15-8-16-39-25/h1-18,26-29H/b33-17-/t26?,27?,28-,29+. The van der Waals surface area contributed by atoms with Gasteiger partial charge in [-0.3, -0.25) is 9.59 Å². The lowest BCUT2D eigenvalue weighted by atomic mass is 9.55.